The molecule has 2 rings (SSSR count). The molecule has 0 N–H and O–H groups in total. The van der Waals surface area contributed by atoms with Gasteiger partial charge < -0.3 is 0 Å². The smallest absolute Gasteiger partial charge is 0.258 e. The van der Waals surface area contributed by atoms with Crippen LogP contribution >= 0.6 is 0 Å². The fourth-order valence-corrected chi connectivity index (χ4v) is 1.48. The molecule has 1 heterocycles. The van der Waals surface area contributed by atoms with Crippen molar-refractivity contribution in [2.24, 2.45) is 0 Å². The first-order valence-electron chi connectivity index (χ1n) is 5.02. The summed E-state index contributed by atoms with van der Waals surface area (Å²) in [7, 11) is 0. The molecule has 0 unspecified atom stereocenters. The minimum absolute atomic E-state index is 0.110. The summed E-state index contributed by atoms with van der Waals surface area (Å²) in [5.74, 6) is 0. The highest BCUT2D eigenvalue weighted by Gasteiger charge is 2.08. The van der Waals surface area contributed by atoms with Gasteiger partial charge in [-0.15, -0.1) is 0 Å². The number of hydrogen-bond acceptors (Lipinski definition) is 2. The van der Waals surface area contributed by atoms with E-state index in [1.807, 2.05) is 27.9 Å². The van der Waals surface area contributed by atoms with E-state index in [9.17, 15) is 10.1 Å². The van der Waals surface area contributed by atoms with Crippen LogP contribution in [0.3, 0.4) is 0 Å². The van der Waals surface area contributed by atoms with E-state index in [1.54, 1.807) is 12.1 Å². The number of imidazole rings is 1. The number of aromatic nitrogens is 2. The van der Waals surface area contributed by atoms with Gasteiger partial charge in [-0.3, -0.25) is 10.1 Å². The average Bonchev–Trinajstić information content (AvgIpc) is 2.77. The van der Waals surface area contributed by atoms with Crippen LogP contribution in [-0.4, -0.2) is 9.49 Å². The van der Waals surface area contributed by atoms with Crippen LogP contribution in [0.2, 0.25) is 0 Å². The highest BCUT2D eigenvalue weighted by atomic mass is 16.6. The molecule has 82 valence electrons. The van der Waals surface area contributed by atoms with Crippen LogP contribution in [0.5, 0.6) is 0 Å². The second-order valence-corrected chi connectivity index (χ2v) is 3.42. The van der Waals surface area contributed by atoms with E-state index in [1.165, 1.54) is 12.1 Å². The summed E-state index contributed by atoms with van der Waals surface area (Å²) >= 11 is 0. The second kappa shape index (κ2) is 4.14. The zero-order valence-corrected chi connectivity index (χ0v) is 8.91. The Bertz CT molecular complexity index is 502. The number of hydrogen-bond donors (Lipinski definition) is 0. The molecule has 0 fully saturated rings. The third-order valence-electron chi connectivity index (χ3n) is 2.42. The molecule has 2 aromatic rings. The van der Waals surface area contributed by atoms with E-state index in [0.29, 0.717) is 0 Å². The molecule has 1 aromatic heterocycles. The first-order valence-corrected chi connectivity index (χ1v) is 5.02. The molecule has 0 aliphatic heterocycles. The SMILES string of the molecule is CC[n+]1ccn(-c2ccc([N+](=O)[O-])cc2)c1. The normalized spacial score (nSPS) is 10.3. The van der Waals surface area contributed by atoms with Crippen molar-refractivity contribution < 1.29 is 9.49 Å². The molecule has 0 aliphatic rings. The third-order valence-corrected chi connectivity index (χ3v) is 2.42. The quantitative estimate of drug-likeness (QED) is 0.447. The average molecular weight is 218 g/mol. The van der Waals surface area contributed by atoms with Crippen LogP contribution in [0.15, 0.2) is 43.0 Å². The van der Waals surface area contributed by atoms with Crippen molar-refractivity contribution in [1.29, 1.82) is 0 Å². The van der Waals surface area contributed by atoms with Crippen LogP contribution in [-0.2, 0) is 6.54 Å². The number of non-ortho nitro benzene ring substituents is 1. The molecule has 0 radical (unpaired) electrons. The molecule has 0 aliphatic carbocycles. The number of nitro groups is 1. The monoisotopic (exact) mass is 218 g/mol. The number of aryl methyl sites for hydroxylation is 1. The van der Waals surface area contributed by atoms with Gasteiger partial charge in [-0.1, -0.05) is 0 Å². The van der Waals surface area contributed by atoms with Crippen molar-refractivity contribution in [3.8, 4) is 5.69 Å². The number of nitrogens with zero attached hydrogens (tertiary/aromatic N) is 3. The van der Waals surface area contributed by atoms with Gasteiger partial charge in [0.15, 0.2) is 0 Å². The summed E-state index contributed by atoms with van der Waals surface area (Å²) in [4.78, 5) is 10.1. The summed E-state index contributed by atoms with van der Waals surface area (Å²) in [6.45, 7) is 2.96. The second-order valence-electron chi connectivity index (χ2n) is 3.42. The minimum Gasteiger partial charge on any atom is -0.258 e. The lowest BCUT2D eigenvalue weighted by Crippen LogP contribution is -2.28. The van der Waals surface area contributed by atoms with Gasteiger partial charge in [-0.2, -0.15) is 0 Å². The molecule has 0 atom stereocenters. The fourth-order valence-electron chi connectivity index (χ4n) is 1.48. The third kappa shape index (κ3) is 1.93. The Morgan fingerprint density at radius 2 is 2.06 bits per heavy atom. The largest absolute Gasteiger partial charge is 0.269 e. The van der Waals surface area contributed by atoms with Crippen LogP contribution in [0.4, 0.5) is 5.69 Å². The van der Waals surface area contributed by atoms with Gasteiger partial charge in [0.05, 0.1) is 11.5 Å². The lowest BCUT2D eigenvalue weighted by molar-refractivity contribution is -0.692. The summed E-state index contributed by atoms with van der Waals surface area (Å²) in [5, 5.41) is 10.5. The summed E-state index contributed by atoms with van der Waals surface area (Å²) in [6.07, 6.45) is 5.83. The molecule has 1 aromatic carbocycles. The number of benzene rings is 1. The summed E-state index contributed by atoms with van der Waals surface area (Å²) in [6, 6.07) is 6.48. The van der Waals surface area contributed by atoms with Gasteiger partial charge in [-0.25, -0.2) is 9.13 Å². The predicted molar refractivity (Wildman–Crippen MR) is 58.3 cm³/mol. The summed E-state index contributed by atoms with van der Waals surface area (Å²) in [5.41, 5.74) is 1.03. The molecule has 0 amide bonds. The molecular formula is C11H12N3O2+. The topological polar surface area (TPSA) is 52.0 Å². The molecule has 5 heteroatoms. The van der Waals surface area contributed by atoms with Crippen LogP contribution in [0, 0.1) is 10.1 Å². The maximum atomic E-state index is 10.5. The van der Waals surface area contributed by atoms with Gasteiger partial charge in [0, 0.05) is 12.1 Å². The van der Waals surface area contributed by atoms with Crippen molar-refractivity contribution in [1.82, 2.24) is 4.57 Å². The van der Waals surface area contributed by atoms with Gasteiger partial charge in [0.25, 0.3) is 5.69 Å². The minimum atomic E-state index is -0.397. The Morgan fingerprint density at radius 1 is 1.38 bits per heavy atom. The maximum Gasteiger partial charge on any atom is 0.269 e. The maximum absolute atomic E-state index is 10.5. The lowest BCUT2D eigenvalue weighted by Gasteiger charge is -1.94. The van der Waals surface area contributed by atoms with Crippen molar-refractivity contribution >= 4 is 5.69 Å². The standard InChI is InChI=1S/C11H12N3O2/c1-2-12-7-8-13(9-12)10-3-5-11(6-4-10)14(15)16/h3-9H,2H2,1H3/q+1. The first kappa shape index (κ1) is 10.4. The number of nitro benzene ring substituents is 1. The van der Waals surface area contributed by atoms with Crippen molar-refractivity contribution in [3.05, 3.63) is 53.1 Å². The van der Waals surface area contributed by atoms with Crippen molar-refractivity contribution in [3.63, 3.8) is 0 Å². The molecule has 0 saturated heterocycles. The molecule has 5 nitrogen and oxygen atoms in total. The van der Waals surface area contributed by atoms with Gasteiger partial charge in [0.1, 0.15) is 18.1 Å². The molecule has 0 bridgehead atoms. The Labute approximate surface area is 92.7 Å². The lowest BCUT2D eigenvalue weighted by atomic mass is 10.3. The highest BCUT2D eigenvalue weighted by Crippen LogP contribution is 2.14. The fraction of sp³-hybridized carbons (Fsp3) is 0.182. The Kier molecular flexibility index (Phi) is 2.68. The van der Waals surface area contributed by atoms with E-state index in [2.05, 4.69) is 6.92 Å². The highest BCUT2D eigenvalue weighted by molar-refractivity contribution is 5.40. The van der Waals surface area contributed by atoms with E-state index < -0.39 is 4.92 Å². The molecule has 0 saturated carbocycles. The Hall–Kier alpha value is -2.17. The zero-order chi connectivity index (χ0) is 11.5. The first-order chi connectivity index (χ1) is 7.70. The van der Waals surface area contributed by atoms with E-state index in [0.717, 1.165) is 12.2 Å². The van der Waals surface area contributed by atoms with Gasteiger partial charge in [-0.05, 0) is 19.1 Å². The van der Waals surface area contributed by atoms with Crippen LogP contribution < -0.4 is 4.57 Å². The summed E-state index contributed by atoms with van der Waals surface area (Å²) < 4.78 is 3.95. The van der Waals surface area contributed by atoms with Gasteiger partial charge >= 0.3 is 0 Å². The van der Waals surface area contributed by atoms with Gasteiger partial charge in [0.2, 0.25) is 6.33 Å². The Morgan fingerprint density at radius 3 is 2.56 bits per heavy atom. The predicted octanol–water partition coefficient (Wildman–Crippen LogP) is 1.69. The number of rotatable bonds is 3. The van der Waals surface area contributed by atoms with E-state index >= 15 is 0 Å². The molecular weight excluding hydrogens is 206 g/mol. The van der Waals surface area contributed by atoms with Crippen molar-refractivity contribution in [2.75, 3.05) is 0 Å². The van der Waals surface area contributed by atoms with Crippen LogP contribution in [0.1, 0.15) is 6.92 Å². The molecule has 16 heavy (non-hydrogen) atoms. The van der Waals surface area contributed by atoms with E-state index in [-0.39, 0.29) is 5.69 Å². The zero-order valence-electron chi connectivity index (χ0n) is 8.91. The van der Waals surface area contributed by atoms with Crippen LogP contribution in [0.25, 0.3) is 5.69 Å². The van der Waals surface area contributed by atoms with Crippen molar-refractivity contribution in [2.45, 2.75) is 13.5 Å². The van der Waals surface area contributed by atoms with E-state index in [4.69, 9.17) is 0 Å². The Balaban J connectivity index is 2.30. The molecule has 0 spiro atoms.